The molecule has 4 atom stereocenters. The number of nitrogens with one attached hydrogen (secondary N) is 4. The van der Waals surface area contributed by atoms with E-state index in [2.05, 4.69) is 38.5 Å². The van der Waals surface area contributed by atoms with E-state index in [4.69, 9.17) is 11.5 Å². The first-order valence-electron chi connectivity index (χ1n) is 12.1. The summed E-state index contributed by atoms with van der Waals surface area (Å²) in [6, 6.07) is 1.51. The number of benzene rings is 1. The fourth-order valence-electron chi connectivity index (χ4n) is 3.56. The van der Waals surface area contributed by atoms with Gasteiger partial charge in [-0.3, -0.25) is 14.4 Å². The Morgan fingerprint density at radius 2 is 1.58 bits per heavy atom. The van der Waals surface area contributed by atoms with Crippen LogP contribution >= 0.6 is 12.6 Å². The third kappa shape index (κ3) is 10.0. The van der Waals surface area contributed by atoms with Crippen LogP contribution in [-0.4, -0.2) is 80.3 Å². The number of carbonyl (C=O) groups is 4. The van der Waals surface area contributed by atoms with E-state index >= 15 is 0 Å². The Labute approximate surface area is 225 Å². The number of aliphatic carboxylic acids is 1. The molecule has 208 valence electrons. The lowest BCUT2D eigenvalue weighted by Gasteiger charge is -2.25. The van der Waals surface area contributed by atoms with Gasteiger partial charge in [-0.1, -0.05) is 12.1 Å². The van der Waals surface area contributed by atoms with E-state index in [9.17, 15) is 29.4 Å². The number of aromatic amines is 1. The molecule has 2 rings (SSSR count). The summed E-state index contributed by atoms with van der Waals surface area (Å²) in [5.41, 5.74) is 12.4. The van der Waals surface area contributed by atoms with Gasteiger partial charge in [-0.25, -0.2) is 9.78 Å². The second-order valence-corrected chi connectivity index (χ2v) is 9.11. The number of thiol groups is 1. The number of imidazole rings is 1. The van der Waals surface area contributed by atoms with Crippen molar-refractivity contribution in [3.8, 4) is 5.75 Å². The number of unbranched alkanes of at least 4 members (excludes halogenated alkanes) is 1. The highest BCUT2D eigenvalue weighted by Gasteiger charge is 2.30. The van der Waals surface area contributed by atoms with Crippen LogP contribution in [0, 0.1) is 0 Å². The molecule has 0 radical (unpaired) electrons. The van der Waals surface area contributed by atoms with Crippen molar-refractivity contribution in [1.29, 1.82) is 0 Å². The van der Waals surface area contributed by atoms with E-state index in [0.29, 0.717) is 30.6 Å². The number of H-pyrrole nitrogens is 1. The van der Waals surface area contributed by atoms with Gasteiger partial charge in [0.05, 0.1) is 12.4 Å². The van der Waals surface area contributed by atoms with Gasteiger partial charge in [-0.05, 0) is 43.5 Å². The van der Waals surface area contributed by atoms with Gasteiger partial charge in [0.15, 0.2) is 0 Å². The van der Waals surface area contributed by atoms with Crippen molar-refractivity contribution >= 4 is 36.3 Å². The third-order valence-electron chi connectivity index (χ3n) is 5.72. The normalized spacial score (nSPS) is 14.1. The number of aromatic nitrogens is 2. The average Bonchev–Trinajstić information content (AvgIpc) is 3.41. The average molecular weight is 550 g/mol. The van der Waals surface area contributed by atoms with Crippen molar-refractivity contribution in [1.82, 2.24) is 25.9 Å². The number of phenols is 1. The summed E-state index contributed by atoms with van der Waals surface area (Å²) in [5.74, 6) is -3.11. The first-order valence-corrected chi connectivity index (χ1v) is 12.7. The molecule has 0 aliphatic heterocycles. The molecule has 10 N–H and O–H groups in total. The SMILES string of the molecule is NCCCCC(NC(=O)C(N)CS)C(=O)NC(Cc1cnc[nH]1)C(=O)NC(Cc1ccc(O)cc1)C(=O)O. The number of carbonyl (C=O) groups excluding carboxylic acids is 3. The van der Waals surface area contributed by atoms with Gasteiger partial charge in [-0.2, -0.15) is 12.6 Å². The van der Waals surface area contributed by atoms with Crippen molar-refractivity contribution < 1.29 is 29.4 Å². The zero-order valence-corrected chi connectivity index (χ0v) is 21.7. The minimum Gasteiger partial charge on any atom is -0.508 e. The first-order chi connectivity index (χ1) is 18.1. The molecule has 2 aromatic rings. The van der Waals surface area contributed by atoms with E-state index in [-0.39, 0.29) is 30.8 Å². The second kappa shape index (κ2) is 15.6. The molecule has 0 saturated heterocycles. The van der Waals surface area contributed by atoms with E-state index < -0.39 is 47.9 Å². The molecule has 14 heteroatoms. The highest BCUT2D eigenvalue weighted by molar-refractivity contribution is 7.80. The van der Waals surface area contributed by atoms with E-state index in [1.165, 1.54) is 24.7 Å². The standard InChI is InChI=1S/C24H35N7O6S/c25-8-2-1-3-18(29-21(33)17(26)12-38)22(34)30-19(10-15-11-27-13-28-15)23(35)31-20(24(36)37)9-14-4-6-16(32)7-5-14/h4-7,11,13,17-20,32,38H,1-3,8-10,12,25-26H2,(H,27,28)(H,29,33)(H,30,34)(H,31,35)(H,36,37). The van der Waals surface area contributed by atoms with Gasteiger partial charge < -0.3 is 42.6 Å². The lowest BCUT2D eigenvalue weighted by Crippen LogP contribution is -2.58. The van der Waals surface area contributed by atoms with Gasteiger partial charge in [-0.15, -0.1) is 0 Å². The maximum atomic E-state index is 13.2. The predicted molar refractivity (Wildman–Crippen MR) is 142 cm³/mol. The summed E-state index contributed by atoms with van der Waals surface area (Å²) >= 11 is 4.01. The lowest BCUT2D eigenvalue weighted by molar-refractivity contribution is -0.142. The lowest BCUT2D eigenvalue weighted by atomic mass is 10.0. The molecule has 0 fully saturated rings. The molecule has 1 aromatic heterocycles. The van der Waals surface area contributed by atoms with Crippen molar-refractivity contribution in [3.05, 3.63) is 48.0 Å². The van der Waals surface area contributed by atoms with Crippen LogP contribution in [0.1, 0.15) is 30.5 Å². The van der Waals surface area contributed by atoms with Gasteiger partial charge in [0.2, 0.25) is 17.7 Å². The van der Waals surface area contributed by atoms with Crippen LogP contribution in [0.5, 0.6) is 5.75 Å². The molecule has 0 spiro atoms. The molecule has 0 bridgehead atoms. The van der Waals surface area contributed by atoms with Crippen molar-refractivity contribution in [2.75, 3.05) is 12.3 Å². The van der Waals surface area contributed by atoms with Crippen LogP contribution < -0.4 is 27.4 Å². The first kappa shape index (κ1) is 30.6. The Bertz CT molecular complexity index is 1050. The zero-order valence-electron chi connectivity index (χ0n) is 20.8. The fraction of sp³-hybridized carbons (Fsp3) is 0.458. The molecule has 38 heavy (non-hydrogen) atoms. The van der Waals surface area contributed by atoms with Crippen molar-refractivity contribution in [2.45, 2.75) is 56.3 Å². The number of nitrogens with two attached hydrogens (primary N) is 2. The summed E-state index contributed by atoms with van der Waals surface area (Å²) in [5, 5.41) is 26.9. The fourth-order valence-corrected chi connectivity index (χ4v) is 3.73. The van der Waals surface area contributed by atoms with Crippen LogP contribution in [0.2, 0.25) is 0 Å². The number of phenolic OH excluding ortho intramolecular Hbond substituents is 1. The van der Waals surface area contributed by atoms with E-state index in [1.54, 1.807) is 12.1 Å². The molecular formula is C24H35N7O6S. The molecule has 3 amide bonds. The minimum absolute atomic E-state index is 0.0112. The number of carboxylic acid groups (broad SMARTS) is 1. The number of rotatable bonds is 16. The van der Waals surface area contributed by atoms with Crippen LogP contribution in [0.3, 0.4) is 0 Å². The number of nitrogens with zero attached hydrogens (tertiary/aromatic N) is 1. The molecule has 13 nitrogen and oxygen atoms in total. The summed E-state index contributed by atoms with van der Waals surface area (Å²) in [4.78, 5) is 57.4. The van der Waals surface area contributed by atoms with Crippen molar-refractivity contribution in [3.63, 3.8) is 0 Å². The number of aromatic hydroxyl groups is 1. The molecular weight excluding hydrogens is 514 g/mol. The number of hydrogen-bond acceptors (Lipinski definition) is 9. The Morgan fingerprint density at radius 1 is 0.947 bits per heavy atom. The summed E-state index contributed by atoms with van der Waals surface area (Å²) < 4.78 is 0. The largest absolute Gasteiger partial charge is 0.508 e. The number of amides is 3. The topological polar surface area (TPSA) is 226 Å². The number of hydrogen-bond donors (Lipinski definition) is 9. The highest BCUT2D eigenvalue weighted by Crippen LogP contribution is 2.12. The van der Waals surface area contributed by atoms with Gasteiger partial charge in [0, 0.05) is 30.5 Å². The van der Waals surface area contributed by atoms with E-state index in [1.807, 2.05) is 0 Å². The monoisotopic (exact) mass is 549 g/mol. The van der Waals surface area contributed by atoms with Gasteiger partial charge >= 0.3 is 5.97 Å². The van der Waals surface area contributed by atoms with Crippen LogP contribution in [0.25, 0.3) is 0 Å². The smallest absolute Gasteiger partial charge is 0.326 e. The maximum Gasteiger partial charge on any atom is 0.326 e. The number of carboxylic acids is 1. The second-order valence-electron chi connectivity index (χ2n) is 8.75. The molecule has 0 aliphatic rings. The Balaban J connectivity index is 2.20. The quantitative estimate of drug-likeness (QED) is 0.0906. The van der Waals surface area contributed by atoms with Crippen molar-refractivity contribution in [2.24, 2.45) is 11.5 Å². The molecule has 1 heterocycles. The molecule has 0 aliphatic carbocycles. The third-order valence-corrected chi connectivity index (χ3v) is 6.11. The Kier molecular flexibility index (Phi) is 12.6. The predicted octanol–water partition coefficient (Wildman–Crippen LogP) is -1.17. The van der Waals surface area contributed by atoms with Gasteiger partial charge in [0.25, 0.3) is 0 Å². The molecule has 1 aromatic carbocycles. The summed E-state index contributed by atoms with van der Waals surface area (Å²) in [7, 11) is 0. The maximum absolute atomic E-state index is 13.2. The van der Waals surface area contributed by atoms with Gasteiger partial charge in [0.1, 0.15) is 23.9 Å². The molecule has 4 unspecified atom stereocenters. The zero-order chi connectivity index (χ0) is 28.1. The van der Waals surface area contributed by atoms with Crippen LogP contribution in [0.4, 0.5) is 0 Å². The van der Waals surface area contributed by atoms with Crippen LogP contribution in [-0.2, 0) is 32.0 Å². The Hall–Kier alpha value is -3.62. The highest BCUT2D eigenvalue weighted by atomic mass is 32.1. The van der Waals surface area contributed by atoms with E-state index in [0.717, 1.165) is 0 Å². The molecule has 0 saturated carbocycles. The summed E-state index contributed by atoms with van der Waals surface area (Å²) in [6.45, 7) is 0.404. The summed E-state index contributed by atoms with van der Waals surface area (Å²) in [6.07, 6.45) is 4.23. The minimum atomic E-state index is -1.30. The van der Waals surface area contributed by atoms with Crippen LogP contribution in [0.15, 0.2) is 36.8 Å². The Morgan fingerprint density at radius 3 is 2.16 bits per heavy atom.